The summed E-state index contributed by atoms with van der Waals surface area (Å²) in [5.74, 6) is -0.0283. The van der Waals surface area contributed by atoms with Gasteiger partial charge in [0.25, 0.3) is 0 Å². The minimum absolute atomic E-state index is 0.0283. The third-order valence-corrected chi connectivity index (χ3v) is 5.07. The first kappa shape index (κ1) is 16.9. The van der Waals surface area contributed by atoms with Crippen LogP contribution in [0.4, 0.5) is 0 Å². The summed E-state index contributed by atoms with van der Waals surface area (Å²) in [5.41, 5.74) is 3.89. The van der Waals surface area contributed by atoms with Crippen molar-refractivity contribution < 1.29 is 4.79 Å². The van der Waals surface area contributed by atoms with Crippen molar-refractivity contribution in [3.05, 3.63) is 98.9 Å². The first-order valence-electron chi connectivity index (χ1n) is 7.47. The molecule has 0 amide bonds. The van der Waals surface area contributed by atoms with E-state index >= 15 is 0 Å². The second-order valence-corrected chi connectivity index (χ2v) is 6.99. The summed E-state index contributed by atoms with van der Waals surface area (Å²) in [4.78, 5) is 12.4. The zero-order valence-corrected chi connectivity index (χ0v) is 15.9. The number of hydrogen-bond acceptors (Lipinski definition) is 1. The number of rotatable bonds is 4. The van der Waals surface area contributed by atoms with Crippen LogP contribution in [-0.2, 0) is 0 Å². The van der Waals surface area contributed by atoms with Crippen LogP contribution in [0.1, 0.15) is 15.9 Å². The molecule has 0 radical (unpaired) electrons. The second kappa shape index (κ2) is 7.73. The number of allylic oxidation sites excluding steroid dienone is 1. The maximum absolute atomic E-state index is 12.4. The molecular formula is C21H14Br2O. The molecule has 0 saturated carbocycles. The SMILES string of the molecule is O=C(/C=C/c1cc(-c2ccccc2)ccc1Br)c1ccccc1Br. The standard InChI is InChI=1S/C21H14Br2O/c22-19-12-10-16(15-6-2-1-3-7-15)14-17(19)11-13-21(24)18-8-4-5-9-20(18)23/h1-14H/b13-11+. The van der Waals surface area contributed by atoms with E-state index in [1.165, 1.54) is 0 Å². The van der Waals surface area contributed by atoms with Crippen LogP contribution in [0.2, 0.25) is 0 Å². The number of hydrogen-bond donors (Lipinski definition) is 0. The Balaban J connectivity index is 1.90. The van der Waals surface area contributed by atoms with Crippen LogP contribution in [0.5, 0.6) is 0 Å². The van der Waals surface area contributed by atoms with E-state index in [9.17, 15) is 4.79 Å². The Morgan fingerprint density at radius 3 is 2.21 bits per heavy atom. The largest absolute Gasteiger partial charge is 0.289 e. The summed E-state index contributed by atoms with van der Waals surface area (Å²) in [6.45, 7) is 0. The third-order valence-electron chi connectivity index (χ3n) is 3.66. The first-order chi connectivity index (χ1) is 11.6. The topological polar surface area (TPSA) is 17.1 Å². The lowest BCUT2D eigenvalue weighted by atomic mass is 10.0. The van der Waals surface area contributed by atoms with E-state index in [1.54, 1.807) is 6.08 Å². The van der Waals surface area contributed by atoms with Gasteiger partial charge in [-0.2, -0.15) is 0 Å². The average molecular weight is 442 g/mol. The monoisotopic (exact) mass is 440 g/mol. The van der Waals surface area contributed by atoms with Crippen LogP contribution < -0.4 is 0 Å². The quantitative estimate of drug-likeness (QED) is 0.322. The van der Waals surface area contributed by atoms with E-state index < -0.39 is 0 Å². The van der Waals surface area contributed by atoms with Gasteiger partial charge >= 0.3 is 0 Å². The van der Waals surface area contributed by atoms with Crippen molar-refractivity contribution in [1.82, 2.24) is 0 Å². The smallest absolute Gasteiger partial charge is 0.186 e. The molecule has 0 aliphatic carbocycles. The van der Waals surface area contributed by atoms with Gasteiger partial charge in [-0.25, -0.2) is 0 Å². The molecule has 0 N–H and O–H groups in total. The van der Waals surface area contributed by atoms with Gasteiger partial charge in [0, 0.05) is 14.5 Å². The minimum Gasteiger partial charge on any atom is -0.289 e. The molecule has 3 aromatic rings. The van der Waals surface area contributed by atoms with Crippen LogP contribution >= 0.6 is 31.9 Å². The van der Waals surface area contributed by atoms with E-state index in [0.717, 1.165) is 25.6 Å². The van der Waals surface area contributed by atoms with Gasteiger partial charge in [0.15, 0.2) is 5.78 Å². The van der Waals surface area contributed by atoms with E-state index in [-0.39, 0.29) is 5.78 Å². The van der Waals surface area contributed by atoms with Gasteiger partial charge in [-0.1, -0.05) is 80.4 Å². The van der Waals surface area contributed by atoms with Crippen LogP contribution in [0, 0.1) is 0 Å². The van der Waals surface area contributed by atoms with Gasteiger partial charge < -0.3 is 0 Å². The van der Waals surface area contributed by atoms with E-state index in [1.807, 2.05) is 54.6 Å². The van der Waals surface area contributed by atoms with Gasteiger partial charge in [-0.05, 0) is 53.1 Å². The fourth-order valence-corrected chi connectivity index (χ4v) is 3.26. The molecule has 3 aromatic carbocycles. The average Bonchev–Trinajstić information content (AvgIpc) is 2.62. The fourth-order valence-electron chi connectivity index (χ4n) is 2.40. The summed E-state index contributed by atoms with van der Waals surface area (Å²) < 4.78 is 1.76. The lowest BCUT2D eigenvalue weighted by molar-refractivity contribution is 0.104. The minimum atomic E-state index is -0.0283. The molecule has 118 valence electrons. The van der Waals surface area contributed by atoms with Crippen LogP contribution in [0.3, 0.4) is 0 Å². The van der Waals surface area contributed by atoms with E-state index in [0.29, 0.717) is 5.56 Å². The Labute approximate surface area is 158 Å². The highest BCUT2D eigenvalue weighted by Crippen LogP contribution is 2.26. The molecule has 0 aliphatic heterocycles. The normalized spacial score (nSPS) is 10.9. The zero-order chi connectivity index (χ0) is 16.9. The Bertz CT molecular complexity index is 899. The van der Waals surface area contributed by atoms with E-state index in [4.69, 9.17) is 0 Å². The highest BCUT2D eigenvalue weighted by Gasteiger charge is 2.06. The molecule has 0 bridgehead atoms. The molecule has 3 rings (SSSR count). The number of benzene rings is 3. The molecule has 0 fully saturated rings. The maximum atomic E-state index is 12.4. The fraction of sp³-hybridized carbons (Fsp3) is 0. The summed E-state index contributed by atoms with van der Waals surface area (Å²) in [6, 6.07) is 23.8. The number of halogens is 2. The molecule has 0 aromatic heterocycles. The van der Waals surface area contributed by atoms with Crippen molar-refractivity contribution in [2.24, 2.45) is 0 Å². The van der Waals surface area contributed by atoms with Crippen LogP contribution in [0.25, 0.3) is 17.2 Å². The van der Waals surface area contributed by atoms with Crippen molar-refractivity contribution in [3.8, 4) is 11.1 Å². The van der Waals surface area contributed by atoms with Gasteiger partial charge in [0.2, 0.25) is 0 Å². The molecule has 3 heteroatoms. The number of carbonyl (C=O) groups excluding carboxylic acids is 1. The molecular weight excluding hydrogens is 428 g/mol. The van der Waals surface area contributed by atoms with Crippen molar-refractivity contribution in [2.45, 2.75) is 0 Å². The van der Waals surface area contributed by atoms with E-state index in [2.05, 4.69) is 56.1 Å². The second-order valence-electron chi connectivity index (χ2n) is 5.28. The third kappa shape index (κ3) is 3.92. The van der Waals surface area contributed by atoms with Gasteiger partial charge in [0.1, 0.15) is 0 Å². The van der Waals surface area contributed by atoms with Crippen LogP contribution in [0.15, 0.2) is 87.8 Å². The predicted molar refractivity (Wildman–Crippen MR) is 107 cm³/mol. The highest BCUT2D eigenvalue weighted by atomic mass is 79.9. The Morgan fingerprint density at radius 2 is 1.46 bits per heavy atom. The first-order valence-corrected chi connectivity index (χ1v) is 9.05. The molecule has 24 heavy (non-hydrogen) atoms. The Morgan fingerprint density at radius 1 is 0.750 bits per heavy atom. The summed E-state index contributed by atoms with van der Waals surface area (Å²) >= 11 is 6.97. The molecule has 0 heterocycles. The van der Waals surface area contributed by atoms with Crippen molar-refractivity contribution in [3.63, 3.8) is 0 Å². The lowest BCUT2D eigenvalue weighted by Crippen LogP contribution is -1.95. The number of ketones is 1. The number of carbonyl (C=O) groups is 1. The zero-order valence-electron chi connectivity index (χ0n) is 12.7. The molecule has 0 atom stereocenters. The van der Waals surface area contributed by atoms with Gasteiger partial charge in [-0.15, -0.1) is 0 Å². The predicted octanol–water partition coefficient (Wildman–Crippen LogP) is 6.77. The van der Waals surface area contributed by atoms with Crippen molar-refractivity contribution in [1.29, 1.82) is 0 Å². The maximum Gasteiger partial charge on any atom is 0.186 e. The summed E-state index contributed by atoms with van der Waals surface area (Å²) in [7, 11) is 0. The molecule has 0 unspecified atom stereocenters. The summed E-state index contributed by atoms with van der Waals surface area (Å²) in [6.07, 6.45) is 3.45. The van der Waals surface area contributed by atoms with Crippen molar-refractivity contribution >= 4 is 43.7 Å². The van der Waals surface area contributed by atoms with Gasteiger partial charge in [-0.3, -0.25) is 4.79 Å². The molecule has 0 aliphatic rings. The molecule has 0 saturated heterocycles. The lowest BCUT2D eigenvalue weighted by Gasteiger charge is -2.05. The summed E-state index contributed by atoms with van der Waals surface area (Å²) in [5, 5.41) is 0. The molecule has 1 nitrogen and oxygen atoms in total. The highest BCUT2D eigenvalue weighted by molar-refractivity contribution is 9.10. The van der Waals surface area contributed by atoms with Gasteiger partial charge in [0.05, 0.1) is 0 Å². The molecule has 0 spiro atoms. The Kier molecular flexibility index (Phi) is 5.44. The van der Waals surface area contributed by atoms with Crippen LogP contribution in [-0.4, -0.2) is 5.78 Å². The Hall–Kier alpha value is -1.97. The van der Waals surface area contributed by atoms with Crippen molar-refractivity contribution in [2.75, 3.05) is 0 Å².